The molecule has 134 valence electrons. The van der Waals surface area contributed by atoms with Gasteiger partial charge in [0.25, 0.3) is 0 Å². The van der Waals surface area contributed by atoms with Crippen LogP contribution in [0.15, 0.2) is 29.3 Å². The molecule has 2 aliphatic rings. The Morgan fingerprint density at radius 2 is 2.00 bits per heavy atom. The van der Waals surface area contributed by atoms with Crippen molar-refractivity contribution in [3.8, 4) is 5.75 Å². The summed E-state index contributed by atoms with van der Waals surface area (Å²) in [7, 11) is 1.84. The quantitative estimate of drug-likeness (QED) is 0.417. The highest BCUT2D eigenvalue weighted by atomic mass is 127. The van der Waals surface area contributed by atoms with Gasteiger partial charge in [-0.1, -0.05) is 32.0 Å². The molecule has 1 heterocycles. The van der Waals surface area contributed by atoms with Crippen molar-refractivity contribution >= 4 is 29.9 Å². The first-order valence-corrected chi connectivity index (χ1v) is 8.87. The molecule has 1 fully saturated rings. The predicted molar refractivity (Wildman–Crippen MR) is 110 cm³/mol. The van der Waals surface area contributed by atoms with E-state index in [4.69, 9.17) is 4.74 Å². The Labute approximate surface area is 162 Å². The highest BCUT2D eigenvalue weighted by Crippen LogP contribution is 2.46. The van der Waals surface area contributed by atoms with Crippen molar-refractivity contribution in [2.24, 2.45) is 10.9 Å². The van der Waals surface area contributed by atoms with Crippen molar-refractivity contribution < 1.29 is 4.74 Å². The fourth-order valence-corrected chi connectivity index (χ4v) is 3.73. The second-order valence-electron chi connectivity index (χ2n) is 7.28. The van der Waals surface area contributed by atoms with E-state index in [1.165, 1.54) is 18.4 Å². The number of fused-ring (bicyclic) bond motifs is 1. The Kier molecular flexibility index (Phi) is 6.78. The summed E-state index contributed by atoms with van der Waals surface area (Å²) in [6.45, 7) is 5.34. The van der Waals surface area contributed by atoms with Crippen LogP contribution < -0.4 is 15.4 Å². The van der Waals surface area contributed by atoms with Crippen LogP contribution in [-0.2, 0) is 0 Å². The van der Waals surface area contributed by atoms with Gasteiger partial charge in [-0.3, -0.25) is 4.99 Å². The summed E-state index contributed by atoms with van der Waals surface area (Å²) in [5.41, 5.74) is 1.26. The molecule has 4 nitrogen and oxygen atoms in total. The van der Waals surface area contributed by atoms with Gasteiger partial charge in [0, 0.05) is 25.6 Å². The maximum atomic E-state index is 6.42. The standard InChI is InChI=1S/C19H29N3O.HI/c1-14(2)13-21-18(20-3)22-16-12-19(10-6-7-11-19)23-17-9-5-4-8-15(16)17;/h4-5,8-9,14,16H,6-7,10-13H2,1-3H3,(H2,20,21,22);1H. The van der Waals surface area contributed by atoms with Gasteiger partial charge in [-0.2, -0.15) is 0 Å². The fourth-order valence-electron chi connectivity index (χ4n) is 3.73. The number of guanidine groups is 1. The number of hydrogen-bond donors (Lipinski definition) is 2. The zero-order valence-electron chi connectivity index (χ0n) is 15.0. The molecule has 0 radical (unpaired) electrons. The monoisotopic (exact) mass is 443 g/mol. The molecule has 1 atom stereocenters. The van der Waals surface area contributed by atoms with Crippen LogP contribution in [0.25, 0.3) is 0 Å². The zero-order valence-corrected chi connectivity index (χ0v) is 17.3. The average Bonchev–Trinajstić information content (AvgIpc) is 2.98. The minimum atomic E-state index is 0. The van der Waals surface area contributed by atoms with Crippen molar-refractivity contribution in [3.05, 3.63) is 29.8 Å². The summed E-state index contributed by atoms with van der Waals surface area (Å²) in [5.74, 6) is 2.52. The van der Waals surface area contributed by atoms with Crippen LogP contribution in [0.2, 0.25) is 0 Å². The Hall–Kier alpha value is -0.980. The number of para-hydroxylation sites is 1. The highest BCUT2D eigenvalue weighted by molar-refractivity contribution is 14.0. The van der Waals surface area contributed by atoms with Gasteiger partial charge in [-0.25, -0.2) is 0 Å². The number of nitrogens with one attached hydrogen (secondary N) is 2. The molecule has 0 bridgehead atoms. The van der Waals surface area contributed by atoms with Gasteiger partial charge in [-0.15, -0.1) is 24.0 Å². The lowest BCUT2D eigenvalue weighted by atomic mass is 9.86. The molecule has 1 aliphatic heterocycles. The Balaban J connectivity index is 0.00000208. The normalized spacial score (nSPS) is 21.8. The van der Waals surface area contributed by atoms with Crippen molar-refractivity contribution in [2.75, 3.05) is 13.6 Å². The molecule has 2 N–H and O–H groups in total. The summed E-state index contributed by atoms with van der Waals surface area (Å²) in [5, 5.41) is 7.05. The van der Waals surface area contributed by atoms with E-state index in [1.54, 1.807) is 0 Å². The van der Waals surface area contributed by atoms with Crippen LogP contribution in [0.5, 0.6) is 5.75 Å². The number of halogens is 1. The number of nitrogens with zero attached hydrogens (tertiary/aromatic N) is 1. The SMILES string of the molecule is CN=C(NCC(C)C)NC1CC2(CCCC2)Oc2ccccc21.I. The average molecular weight is 443 g/mol. The maximum absolute atomic E-state index is 6.42. The van der Waals surface area contributed by atoms with Crippen LogP contribution in [0.1, 0.15) is 57.6 Å². The minimum absolute atomic E-state index is 0. The van der Waals surface area contributed by atoms with Gasteiger partial charge in [-0.05, 0) is 37.7 Å². The lowest BCUT2D eigenvalue weighted by molar-refractivity contribution is 0.0396. The summed E-state index contributed by atoms with van der Waals surface area (Å²) in [6.07, 6.45) is 5.89. The summed E-state index contributed by atoms with van der Waals surface area (Å²) < 4.78 is 6.42. The van der Waals surface area contributed by atoms with E-state index in [-0.39, 0.29) is 35.6 Å². The maximum Gasteiger partial charge on any atom is 0.191 e. The van der Waals surface area contributed by atoms with Crippen LogP contribution >= 0.6 is 24.0 Å². The van der Waals surface area contributed by atoms with Gasteiger partial charge >= 0.3 is 0 Å². The molecule has 0 amide bonds. The molecule has 0 aromatic heterocycles. The van der Waals surface area contributed by atoms with Crippen LogP contribution in [0.3, 0.4) is 0 Å². The molecule has 1 unspecified atom stereocenters. The molecule has 1 aliphatic carbocycles. The largest absolute Gasteiger partial charge is 0.487 e. The molecule has 1 saturated carbocycles. The second-order valence-corrected chi connectivity index (χ2v) is 7.28. The first-order valence-electron chi connectivity index (χ1n) is 8.87. The Bertz CT molecular complexity index is 567. The number of rotatable bonds is 3. The molecular weight excluding hydrogens is 413 g/mol. The van der Waals surface area contributed by atoms with E-state index in [0.29, 0.717) is 5.92 Å². The number of hydrogen-bond acceptors (Lipinski definition) is 2. The molecule has 24 heavy (non-hydrogen) atoms. The van der Waals surface area contributed by atoms with E-state index in [9.17, 15) is 0 Å². The zero-order chi connectivity index (χ0) is 16.3. The topological polar surface area (TPSA) is 45.7 Å². The van der Waals surface area contributed by atoms with Crippen LogP contribution in [0, 0.1) is 5.92 Å². The predicted octanol–water partition coefficient (Wildman–Crippen LogP) is 4.26. The Morgan fingerprint density at radius 1 is 1.29 bits per heavy atom. The number of ether oxygens (including phenoxy) is 1. The molecule has 0 saturated heterocycles. The first kappa shape index (κ1) is 19.3. The molecule has 1 spiro atoms. The third-order valence-electron chi connectivity index (χ3n) is 4.92. The second kappa shape index (κ2) is 8.41. The van der Waals surface area contributed by atoms with E-state index < -0.39 is 0 Å². The smallest absolute Gasteiger partial charge is 0.191 e. The molecular formula is C19H30IN3O. The highest BCUT2D eigenvalue weighted by Gasteiger charge is 2.43. The van der Waals surface area contributed by atoms with Crippen molar-refractivity contribution in [1.82, 2.24) is 10.6 Å². The van der Waals surface area contributed by atoms with Crippen molar-refractivity contribution in [1.29, 1.82) is 0 Å². The third-order valence-corrected chi connectivity index (χ3v) is 4.92. The molecule has 5 heteroatoms. The van der Waals surface area contributed by atoms with Crippen molar-refractivity contribution in [2.45, 2.75) is 57.6 Å². The van der Waals surface area contributed by atoms with Gasteiger partial charge in [0.05, 0.1) is 6.04 Å². The lowest BCUT2D eigenvalue weighted by Gasteiger charge is -2.40. The first-order chi connectivity index (χ1) is 11.1. The Morgan fingerprint density at radius 3 is 2.67 bits per heavy atom. The van der Waals surface area contributed by atoms with Crippen LogP contribution in [0.4, 0.5) is 0 Å². The summed E-state index contributed by atoms with van der Waals surface area (Å²) in [6, 6.07) is 8.69. The lowest BCUT2D eigenvalue weighted by Crippen LogP contribution is -2.47. The van der Waals surface area contributed by atoms with Gasteiger partial charge in [0.1, 0.15) is 11.4 Å². The molecule has 1 aromatic rings. The minimum Gasteiger partial charge on any atom is -0.487 e. The molecule has 1 aromatic carbocycles. The van der Waals surface area contributed by atoms with E-state index in [1.807, 2.05) is 7.05 Å². The van der Waals surface area contributed by atoms with Gasteiger partial charge < -0.3 is 15.4 Å². The summed E-state index contributed by atoms with van der Waals surface area (Å²) in [4.78, 5) is 4.40. The van der Waals surface area contributed by atoms with E-state index >= 15 is 0 Å². The third kappa shape index (κ3) is 4.35. The number of benzene rings is 1. The summed E-state index contributed by atoms with van der Waals surface area (Å²) >= 11 is 0. The fraction of sp³-hybridized carbons (Fsp3) is 0.632. The van der Waals surface area contributed by atoms with Gasteiger partial charge in [0.15, 0.2) is 5.96 Å². The van der Waals surface area contributed by atoms with E-state index in [2.05, 4.69) is 53.7 Å². The number of aliphatic imine (C=N–C) groups is 1. The molecule has 3 rings (SSSR count). The van der Waals surface area contributed by atoms with Crippen LogP contribution in [-0.4, -0.2) is 25.2 Å². The van der Waals surface area contributed by atoms with E-state index in [0.717, 1.165) is 37.5 Å². The van der Waals surface area contributed by atoms with Crippen molar-refractivity contribution in [3.63, 3.8) is 0 Å². The van der Waals surface area contributed by atoms with Gasteiger partial charge in [0.2, 0.25) is 0 Å².